The SMILES string of the molecule is CCCOc1cc(F)c(C=O)c(F)c1. The van der Waals surface area contributed by atoms with Crippen molar-refractivity contribution in [3.63, 3.8) is 0 Å². The molecule has 14 heavy (non-hydrogen) atoms. The Kier molecular flexibility index (Phi) is 3.56. The van der Waals surface area contributed by atoms with Gasteiger partial charge in [0.05, 0.1) is 12.2 Å². The molecule has 0 N–H and O–H groups in total. The molecular formula is C10H10F2O2. The van der Waals surface area contributed by atoms with Gasteiger partial charge in [-0.1, -0.05) is 6.92 Å². The molecule has 0 aromatic heterocycles. The fraction of sp³-hybridized carbons (Fsp3) is 0.300. The first kappa shape index (κ1) is 10.6. The van der Waals surface area contributed by atoms with E-state index in [1.807, 2.05) is 6.92 Å². The molecular weight excluding hydrogens is 190 g/mol. The van der Waals surface area contributed by atoms with Gasteiger partial charge in [0.2, 0.25) is 0 Å². The van der Waals surface area contributed by atoms with Crippen molar-refractivity contribution in [1.29, 1.82) is 0 Å². The standard InChI is InChI=1S/C10H10F2O2/c1-2-3-14-7-4-9(11)8(6-13)10(12)5-7/h4-6H,2-3H2,1H3. The van der Waals surface area contributed by atoms with Crippen LogP contribution in [0, 0.1) is 11.6 Å². The second-order valence-corrected chi connectivity index (χ2v) is 2.77. The lowest BCUT2D eigenvalue weighted by atomic mass is 10.2. The average Bonchev–Trinajstić information content (AvgIpc) is 2.14. The summed E-state index contributed by atoms with van der Waals surface area (Å²) in [5.74, 6) is -1.69. The number of rotatable bonds is 4. The van der Waals surface area contributed by atoms with Gasteiger partial charge in [-0.15, -0.1) is 0 Å². The molecule has 0 heterocycles. The fourth-order valence-corrected chi connectivity index (χ4v) is 0.977. The molecule has 1 aromatic rings. The molecule has 0 radical (unpaired) electrons. The molecule has 0 aliphatic heterocycles. The Bertz CT molecular complexity index is 314. The number of carbonyl (C=O) groups is 1. The molecule has 0 saturated carbocycles. The zero-order valence-electron chi connectivity index (χ0n) is 7.72. The average molecular weight is 200 g/mol. The first-order chi connectivity index (χ1) is 6.69. The van der Waals surface area contributed by atoms with E-state index in [-0.39, 0.29) is 12.0 Å². The Morgan fingerprint density at radius 2 is 1.93 bits per heavy atom. The minimum absolute atomic E-state index is 0.104. The van der Waals surface area contributed by atoms with E-state index in [4.69, 9.17) is 4.74 Å². The van der Waals surface area contributed by atoms with Crippen molar-refractivity contribution >= 4 is 6.29 Å². The molecule has 0 aliphatic carbocycles. The van der Waals surface area contributed by atoms with Gasteiger partial charge < -0.3 is 4.74 Å². The highest BCUT2D eigenvalue weighted by Gasteiger charge is 2.10. The Balaban J connectivity index is 2.95. The summed E-state index contributed by atoms with van der Waals surface area (Å²) in [5, 5.41) is 0. The second-order valence-electron chi connectivity index (χ2n) is 2.77. The highest BCUT2D eigenvalue weighted by atomic mass is 19.1. The highest BCUT2D eigenvalue weighted by Crippen LogP contribution is 2.19. The normalized spacial score (nSPS) is 9.93. The summed E-state index contributed by atoms with van der Waals surface area (Å²) in [7, 11) is 0. The van der Waals surface area contributed by atoms with Gasteiger partial charge in [0, 0.05) is 12.1 Å². The minimum Gasteiger partial charge on any atom is -0.493 e. The molecule has 0 atom stereocenters. The number of hydrogen-bond acceptors (Lipinski definition) is 2. The first-order valence-corrected chi connectivity index (χ1v) is 4.26. The van der Waals surface area contributed by atoms with Gasteiger partial charge in [-0.3, -0.25) is 4.79 Å². The summed E-state index contributed by atoms with van der Waals surface area (Å²) in [5.41, 5.74) is -0.561. The zero-order valence-corrected chi connectivity index (χ0v) is 7.72. The number of hydrogen-bond donors (Lipinski definition) is 0. The van der Waals surface area contributed by atoms with Gasteiger partial charge in [0.1, 0.15) is 17.4 Å². The van der Waals surface area contributed by atoms with Crippen molar-refractivity contribution in [3.05, 3.63) is 29.3 Å². The van der Waals surface area contributed by atoms with Crippen LogP contribution in [-0.4, -0.2) is 12.9 Å². The van der Waals surface area contributed by atoms with Crippen molar-refractivity contribution in [3.8, 4) is 5.75 Å². The Morgan fingerprint density at radius 3 is 2.36 bits per heavy atom. The lowest BCUT2D eigenvalue weighted by Crippen LogP contribution is -1.99. The van der Waals surface area contributed by atoms with Crippen LogP contribution in [0.2, 0.25) is 0 Å². The number of carbonyl (C=O) groups excluding carboxylic acids is 1. The van der Waals surface area contributed by atoms with Crippen molar-refractivity contribution in [2.24, 2.45) is 0 Å². The van der Waals surface area contributed by atoms with Gasteiger partial charge in [0.25, 0.3) is 0 Å². The monoisotopic (exact) mass is 200 g/mol. The van der Waals surface area contributed by atoms with E-state index in [1.165, 1.54) is 0 Å². The van der Waals surface area contributed by atoms with Crippen molar-refractivity contribution in [2.75, 3.05) is 6.61 Å². The van der Waals surface area contributed by atoms with Crippen LogP contribution in [0.3, 0.4) is 0 Å². The molecule has 0 unspecified atom stereocenters. The van der Waals surface area contributed by atoms with E-state index in [2.05, 4.69) is 0 Å². The first-order valence-electron chi connectivity index (χ1n) is 4.26. The predicted molar refractivity (Wildman–Crippen MR) is 47.5 cm³/mol. The van der Waals surface area contributed by atoms with E-state index < -0.39 is 17.2 Å². The molecule has 1 rings (SSSR count). The topological polar surface area (TPSA) is 26.3 Å². The molecule has 76 valence electrons. The third-order valence-corrected chi connectivity index (χ3v) is 1.64. The number of halogens is 2. The third-order valence-electron chi connectivity index (χ3n) is 1.64. The van der Waals surface area contributed by atoms with Gasteiger partial charge in [-0.2, -0.15) is 0 Å². The lowest BCUT2D eigenvalue weighted by Gasteiger charge is -2.05. The maximum absolute atomic E-state index is 13.0. The van der Waals surface area contributed by atoms with Crippen LogP contribution in [0.5, 0.6) is 5.75 Å². The molecule has 2 nitrogen and oxygen atoms in total. The quantitative estimate of drug-likeness (QED) is 0.698. The zero-order chi connectivity index (χ0) is 10.6. The van der Waals surface area contributed by atoms with Gasteiger partial charge >= 0.3 is 0 Å². The van der Waals surface area contributed by atoms with E-state index in [9.17, 15) is 13.6 Å². The summed E-state index contributed by atoms with van der Waals surface area (Å²) >= 11 is 0. The van der Waals surface area contributed by atoms with E-state index in [0.717, 1.165) is 18.6 Å². The largest absolute Gasteiger partial charge is 0.493 e. The molecule has 1 aromatic carbocycles. The Labute approximate surface area is 80.5 Å². The van der Waals surface area contributed by atoms with E-state index in [1.54, 1.807) is 0 Å². The Morgan fingerprint density at radius 1 is 1.36 bits per heavy atom. The van der Waals surface area contributed by atoms with Crippen LogP contribution in [0.15, 0.2) is 12.1 Å². The lowest BCUT2D eigenvalue weighted by molar-refractivity contribution is 0.111. The fourth-order valence-electron chi connectivity index (χ4n) is 0.977. The second kappa shape index (κ2) is 4.69. The van der Waals surface area contributed by atoms with Gasteiger partial charge in [-0.25, -0.2) is 8.78 Å². The minimum atomic E-state index is -0.897. The van der Waals surface area contributed by atoms with Crippen molar-refractivity contribution in [2.45, 2.75) is 13.3 Å². The summed E-state index contributed by atoms with van der Waals surface area (Å²) in [6.07, 6.45) is 0.896. The van der Waals surface area contributed by atoms with Crippen LogP contribution in [0.25, 0.3) is 0 Å². The van der Waals surface area contributed by atoms with Crippen LogP contribution >= 0.6 is 0 Å². The predicted octanol–water partition coefficient (Wildman–Crippen LogP) is 2.57. The van der Waals surface area contributed by atoms with Gasteiger partial charge in [-0.05, 0) is 6.42 Å². The van der Waals surface area contributed by atoms with Crippen LogP contribution in [0.4, 0.5) is 8.78 Å². The number of benzene rings is 1. The molecule has 0 aliphatic rings. The number of ether oxygens (including phenoxy) is 1. The summed E-state index contributed by atoms with van der Waals surface area (Å²) in [6.45, 7) is 2.27. The smallest absolute Gasteiger partial charge is 0.155 e. The molecule has 0 fully saturated rings. The summed E-state index contributed by atoms with van der Waals surface area (Å²) < 4.78 is 31.0. The maximum atomic E-state index is 13.0. The maximum Gasteiger partial charge on any atom is 0.155 e. The van der Waals surface area contributed by atoms with E-state index in [0.29, 0.717) is 6.61 Å². The van der Waals surface area contributed by atoms with Crippen LogP contribution < -0.4 is 4.74 Å². The van der Waals surface area contributed by atoms with Crippen molar-refractivity contribution < 1.29 is 18.3 Å². The molecule has 0 saturated heterocycles. The Hall–Kier alpha value is -1.45. The number of aldehydes is 1. The highest BCUT2D eigenvalue weighted by molar-refractivity contribution is 5.75. The summed E-state index contributed by atoms with van der Waals surface area (Å²) in [4.78, 5) is 10.3. The third kappa shape index (κ3) is 2.28. The molecule has 4 heteroatoms. The van der Waals surface area contributed by atoms with Crippen LogP contribution in [0.1, 0.15) is 23.7 Å². The van der Waals surface area contributed by atoms with E-state index >= 15 is 0 Å². The van der Waals surface area contributed by atoms with Crippen molar-refractivity contribution in [1.82, 2.24) is 0 Å². The summed E-state index contributed by atoms with van der Waals surface area (Å²) in [6, 6.07) is 2.00. The molecule has 0 bridgehead atoms. The van der Waals surface area contributed by atoms with Gasteiger partial charge in [0.15, 0.2) is 6.29 Å². The molecule has 0 spiro atoms. The molecule has 0 amide bonds. The van der Waals surface area contributed by atoms with Crippen LogP contribution in [-0.2, 0) is 0 Å².